The lowest BCUT2D eigenvalue weighted by Gasteiger charge is -2.36. The SMILES string of the molecule is COc1cc(Br)cc(C)c1NC1CSCC(C)(C)C1. The molecule has 0 bridgehead atoms. The Bertz CT molecular complexity index is 462. The summed E-state index contributed by atoms with van der Waals surface area (Å²) >= 11 is 5.56. The molecule has 0 aromatic heterocycles. The van der Waals surface area contributed by atoms with E-state index < -0.39 is 0 Å². The second-order valence-corrected chi connectivity index (χ2v) is 7.97. The van der Waals surface area contributed by atoms with E-state index in [-0.39, 0.29) is 0 Å². The number of hydrogen-bond acceptors (Lipinski definition) is 3. The standard InChI is InChI=1S/C15H22BrNOS/c1-10-5-11(16)6-13(18-4)14(10)17-12-7-15(2,3)9-19-8-12/h5-6,12,17H,7-9H2,1-4H3. The molecule has 1 heterocycles. The molecule has 1 unspecified atom stereocenters. The Labute approximate surface area is 128 Å². The van der Waals surface area contributed by atoms with Crippen LogP contribution < -0.4 is 10.1 Å². The molecular weight excluding hydrogens is 322 g/mol. The molecule has 1 atom stereocenters. The monoisotopic (exact) mass is 343 g/mol. The molecule has 1 N–H and O–H groups in total. The Morgan fingerprint density at radius 1 is 1.42 bits per heavy atom. The van der Waals surface area contributed by atoms with E-state index in [2.05, 4.69) is 48.1 Å². The summed E-state index contributed by atoms with van der Waals surface area (Å²) in [5, 5.41) is 3.68. The van der Waals surface area contributed by atoms with Crippen molar-refractivity contribution in [3.8, 4) is 5.75 Å². The average molecular weight is 344 g/mol. The van der Waals surface area contributed by atoms with Gasteiger partial charge in [0.15, 0.2) is 0 Å². The molecule has 1 aliphatic rings. The molecule has 0 radical (unpaired) electrons. The molecule has 0 aliphatic carbocycles. The van der Waals surface area contributed by atoms with Crippen LogP contribution in [0.5, 0.6) is 5.75 Å². The summed E-state index contributed by atoms with van der Waals surface area (Å²) in [5.41, 5.74) is 2.77. The first-order valence-electron chi connectivity index (χ1n) is 6.60. The number of thioether (sulfide) groups is 1. The van der Waals surface area contributed by atoms with Crippen LogP contribution in [0.1, 0.15) is 25.8 Å². The van der Waals surface area contributed by atoms with Gasteiger partial charge in [-0.3, -0.25) is 0 Å². The van der Waals surface area contributed by atoms with Crippen molar-refractivity contribution >= 4 is 33.4 Å². The number of rotatable bonds is 3. The summed E-state index contributed by atoms with van der Waals surface area (Å²) < 4.78 is 6.56. The lowest BCUT2D eigenvalue weighted by atomic mass is 9.87. The van der Waals surface area contributed by atoms with E-state index in [4.69, 9.17) is 4.74 Å². The summed E-state index contributed by atoms with van der Waals surface area (Å²) in [6, 6.07) is 4.67. The average Bonchev–Trinajstić information content (AvgIpc) is 2.31. The summed E-state index contributed by atoms with van der Waals surface area (Å²) in [6.45, 7) is 6.82. The van der Waals surface area contributed by atoms with Crippen LogP contribution in [0.2, 0.25) is 0 Å². The Kier molecular flexibility index (Phi) is 4.72. The molecule has 1 aromatic carbocycles. The van der Waals surface area contributed by atoms with E-state index in [9.17, 15) is 0 Å². The third-order valence-corrected chi connectivity index (χ3v) is 5.52. The van der Waals surface area contributed by atoms with Crippen molar-refractivity contribution in [2.24, 2.45) is 5.41 Å². The summed E-state index contributed by atoms with van der Waals surface area (Å²) in [7, 11) is 1.73. The van der Waals surface area contributed by atoms with Crippen molar-refractivity contribution in [1.29, 1.82) is 0 Å². The maximum Gasteiger partial charge on any atom is 0.143 e. The normalized spacial score (nSPS) is 22.1. The number of halogens is 1. The minimum Gasteiger partial charge on any atom is -0.495 e. The van der Waals surface area contributed by atoms with Gasteiger partial charge in [0.05, 0.1) is 12.8 Å². The van der Waals surface area contributed by atoms with Crippen molar-refractivity contribution < 1.29 is 4.74 Å². The topological polar surface area (TPSA) is 21.3 Å². The molecule has 19 heavy (non-hydrogen) atoms. The molecule has 106 valence electrons. The zero-order valence-corrected chi connectivity index (χ0v) is 14.5. The second-order valence-electron chi connectivity index (χ2n) is 6.02. The van der Waals surface area contributed by atoms with Crippen molar-refractivity contribution in [3.05, 3.63) is 22.2 Å². The third-order valence-electron chi connectivity index (χ3n) is 3.44. The van der Waals surface area contributed by atoms with Crippen molar-refractivity contribution in [3.63, 3.8) is 0 Å². The van der Waals surface area contributed by atoms with Gasteiger partial charge in [-0.05, 0) is 42.2 Å². The highest BCUT2D eigenvalue weighted by molar-refractivity contribution is 9.10. The molecule has 0 spiro atoms. The van der Waals surface area contributed by atoms with Crippen LogP contribution in [0.4, 0.5) is 5.69 Å². The number of methoxy groups -OCH3 is 1. The highest BCUT2D eigenvalue weighted by atomic mass is 79.9. The van der Waals surface area contributed by atoms with Gasteiger partial charge < -0.3 is 10.1 Å². The van der Waals surface area contributed by atoms with Crippen LogP contribution in [-0.4, -0.2) is 24.7 Å². The molecule has 1 aromatic rings. The van der Waals surface area contributed by atoms with Gasteiger partial charge in [0, 0.05) is 16.3 Å². The fourth-order valence-corrected chi connectivity index (χ4v) is 4.44. The van der Waals surface area contributed by atoms with E-state index in [1.54, 1.807) is 7.11 Å². The van der Waals surface area contributed by atoms with E-state index in [0.717, 1.165) is 15.9 Å². The van der Waals surface area contributed by atoms with Crippen LogP contribution in [0, 0.1) is 12.3 Å². The van der Waals surface area contributed by atoms with Gasteiger partial charge in [0.2, 0.25) is 0 Å². The highest BCUT2D eigenvalue weighted by Gasteiger charge is 2.29. The number of nitrogens with one attached hydrogen (secondary N) is 1. The minimum atomic E-state index is 0.414. The summed E-state index contributed by atoms with van der Waals surface area (Å²) in [5.74, 6) is 3.34. The maximum absolute atomic E-state index is 5.50. The van der Waals surface area contributed by atoms with Crippen LogP contribution in [0.25, 0.3) is 0 Å². The van der Waals surface area contributed by atoms with Crippen molar-refractivity contribution in [2.45, 2.75) is 33.2 Å². The second kappa shape index (κ2) is 5.96. The van der Waals surface area contributed by atoms with Gasteiger partial charge in [-0.2, -0.15) is 11.8 Å². The molecule has 1 aliphatic heterocycles. The molecule has 1 saturated heterocycles. The van der Waals surface area contributed by atoms with Crippen LogP contribution in [-0.2, 0) is 0 Å². The molecule has 0 amide bonds. The Hall–Kier alpha value is -0.350. The van der Waals surface area contributed by atoms with Crippen LogP contribution in [0.15, 0.2) is 16.6 Å². The number of hydrogen-bond donors (Lipinski definition) is 1. The Morgan fingerprint density at radius 2 is 2.16 bits per heavy atom. The first-order chi connectivity index (χ1) is 8.91. The summed E-state index contributed by atoms with van der Waals surface area (Å²) in [6.07, 6.45) is 1.21. The number of ether oxygens (including phenoxy) is 1. The van der Waals surface area contributed by atoms with Crippen LogP contribution >= 0.6 is 27.7 Å². The Morgan fingerprint density at radius 3 is 2.79 bits per heavy atom. The lowest BCUT2D eigenvalue weighted by Crippen LogP contribution is -2.35. The lowest BCUT2D eigenvalue weighted by molar-refractivity contribution is 0.356. The van der Waals surface area contributed by atoms with Gasteiger partial charge in [0.25, 0.3) is 0 Å². The molecular formula is C15H22BrNOS. The highest BCUT2D eigenvalue weighted by Crippen LogP contribution is 2.38. The van der Waals surface area contributed by atoms with E-state index >= 15 is 0 Å². The smallest absolute Gasteiger partial charge is 0.143 e. The van der Waals surface area contributed by atoms with E-state index in [0.29, 0.717) is 11.5 Å². The zero-order valence-electron chi connectivity index (χ0n) is 12.0. The number of aryl methyl sites for hydroxylation is 1. The zero-order chi connectivity index (χ0) is 14.0. The molecule has 0 saturated carbocycles. The Balaban J connectivity index is 2.19. The molecule has 1 fully saturated rings. The van der Waals surface area contributed by atoms with Gasteiger partial charge in [-0.15, -0.1) is 0 Å². The quantitative estimate of drug-likeness (QED) is 0.858. The van der Waals surface area contributed by atoms with Crippen molar-refractivity contribution in [1.82, 2.24) is 0 Å². The first-order valence-corrected chi connectivity index (χ1v) is 8.54. The third kappa shape index (κ3) is 3.82. The van der Waals surface area contributed by atoms with Gasteiger partial charge in [-0.1, -0.05) is 29.8 Å². The predicted octanol–water partition coefficient (Wildman–Crippen LogP) is 4.71. The van der Waals surface area contributed by atoms with Gasteiger partial charge in [0.1, 0.15) is 5.75 Å². The molecule has 2 rings (SSSR count). The minimum absolute atomic E-state index is 0.414. The number of anilines is 1. The maximum atomic E-state index is 5.50. The van der Waals surface area contributed by atoms with E-state index in [1.165, 1.54) is 23.5 Å². The first kappa shape index (κ1) is 15.0. The largest absolute Gasteiger partial charge is 0.495 e. The van der Waals surface area contributed by atoms with Gasteiger partial charge in [-0.25, -0.2) is 0 Å². The molecule has 4 heteroatoms. The fraction of sp³-hybridized carbons (Fsp3) is 0.600. The van der Waals surface area contributed by atoms with Crippen LogP contribution in [0.3, 0.4) is 0 Å². The van der Waals surface area contributed by atoms with E-state index in [1.807, 2.05) is 17.8 Å². The van der Waals surface area contributed by atoms with Crippen molar-refractivity contribution in [2.75, 3.05) is 23.9 Å². The van der Waals surface area contributed by atoms with Gasteiger partial charge >= 0.3 is 0 Å². The predicted molar refractivity (Wildman–Crippen MR) is 88.6 cm³/mol. The fourth-order valence-electron chi connectivity index (χ4n) is 2.62. The number of benzene rings is 1. The summed E-state index contributed by atoms with van der Waals surface area (Å²) in [4.78, 5) is 0. The molecule has 2 nitrogen and oxygen atoms in total.